The van der Waals surface area contributed by atoms with Crippen molar-refractivity contribution in [3.8, 4) is 11.5 Å². The highest BCUT2D eigenvalue weighted by molar-refractivity contribution is 5.69. The van der Waals surface area contributed by atoms with Crippen LogP contribution in [0.15, 0.2) is 18.2 Å². The van der Waals surface area contributed by atoms with E-state index in [0.29, 0.717) is 12.1 Å². The standard InChI is InChI=1S/C12H17NO4/c1-8(2)13(7-12(16)17)6-9-3-4-10(14)5-11(9)15/h3-5,8,14-15H,6-7H2,1-2H3,(H,16,17). The number of phenols is 2. The van der Waals surface area contributed by atoms with Gasteiger partial charge in [0.2, 0.25) is 0 Å². The summed E-state index contributed by atoms with van der Waals surface area (Å²) >= 11 is 0. The van der Waals surface area contributed by atoms with E-state index in [4.69, 9.17) is 10.2 Å². The molecule has 0 atom stereocenters. The molecular formula is C12H17NO4. The predicted octanol–water partition coefficient (Wildman–Crippen LogP) is 1.39. The summed E-state index contributed by atoms with van der Waals surface area (Å²) < 4.78 is 0. The second-order valence-corrected chi connectivity index (χ2v) is 4.21. The van der Waals surface area contributed by atoms with Gasteiger partial charge in [-0.05, 0) is 19.9 Å². The molecule has 1 aromatic carbocycles. The fourth-order valence-corrected chi connectivity index (χ4v) is 1.50. The number of rotatable bonds is 5. The van der Waals surface area contributed by atoms with Gasteiger partial charge in [-0.15, -0.1) is 0 Å². The van der Waals surface area contributed by atoms with Gasteiger partial charge < -0.3 is 15.3 Å². The van der Waals surface area contributed by atoms with Crippen LogP contribution in [-0.2, 0) is 11.3 Å². The predicted molar refractivity (Wildman–Crippen MR) is 63.0 cm³/mol. The largest absolute Gasteiger partial charge is 0.508 e. The lowest BCUT2D eigenvalue weighted by Crippen LogP contribution is -2.35. The molecule has 5 heteroatoms. The van der Waals surface area contributed by atoms with Crippen LogP contribution in [0.5, 0.6) is 11.5 Å². The van der Waals surface area contributed by atoms with Gasteiger partial charge in [0.25, 0.3) is 0 Å². The summed E-state index contributed by atoms with van der Waals surface area (Å²) in [6.45, 7) is 4.02. The van der Waals surface area contributed by atoms with E-state index < -0.39 is 5.97 Å². The lowest BCUT2D eigenvalue weighted by atomic mass is 10.1. The van der Waals surface area contributed by atoms with E-state index in [1.807, 2.05) is 13.8 Å². The van der Waals surface area contributed by atoms with Crippen LogP contribution >= 0.6 is 0 Å². The van der Waals surface area contributed by atoms with Gasteiger partial charge in [0.15, 0.2) is 0 Å². The summed E-state index contributed by atoms with van der Waals surface area (Å²) in [5, 5.41) is 27.6. The minimum absolute atomic E-state index is 0.0134. The number of hydrogen-bond acceptors (Lipinski definition) is 4. The molecule has 0 aliphatic heterocycles. The summed E-state index contributed by atoms with van der Waals surface area (Å²) in [5.41, 5.74) is 0.595. The Kier molecular flexibility index (Phi) is 4.34. The Morgan fingerprint density at radius 1 is 1.35 bits per heavy atom. The van der Waals surface area contributed by atoms with Gasteiger partial charge in [-0.1, -0.05) is 6.07 Å². The van der Waals surface area contributed by atoms with E-state index in [1.54, 1.807) is 11.0 Å². The maximum atomic E-state index is 10.7. The molecule has 0 aliphatic rings. The lowest BCUT2D eigenvalue weighted by molar-refractivity contribution is -0.139. The zero-order valence-corrected chi connectivity index (χ0v) is 9.92. The molecule has 0 spiro atoms. The molecule has 0 fully saturated rings. The second-order valence-electron chi connectivity index (χ2n) is 4.21. The first-order valence-corrected chi connectivity index (χ1v) is 5.37. The second kappa shape index (κ2) is 5.54. The van der Waals surface area contributed by atoms with Crippen LogP contribution in [0.4, 0.5) is 0 Å². The molecule has 3 N–H and O–H groups in total. The zero-order chi connectivity index (χ0) is 13.0. The third-order valence-electron chi connectivity index (χ3n) is 2.51. The minimum Gasteiger partial charge on any atom is -0.508 e. The van der Waals surface area contributed by atoms with Gasteiger partial charge in [-0.3, -0.25) is 9.69 Å². The van der Waals surface area contributed by atoms with Crippen LogP contribution in [0.2, 0.25) is 0 Å². The summed E-state index contributed by atoms with van der Waals surface area (Å²) in [6.07, 6.45) is 0. The summed E-state index contributed by atoms with van der Waals surface area (Å²) in [5.74, 6) is -0.946. The van der Waals surface area contributed by atoms with E-state index in [9.17, 15) is 9.90 Å². The van der Waals surface area contributed by atoms with Crippen molar-refractivity contribution in [1.82, 2.24) is 4.90 Å². The highest BCUT2D eigenvalue weighted by Crippen LogP contribution is 2.24. The molecule has 17 heavy (non-hydrogen) atoms. The van der Waals surface area contributed by atoms with E-state index in [0.717, 1.165) is 0 Å². The van der Waals surface area contributed by atoms with Crippen molar-refractivity contribution < 1.29 is 20.1 Å². The smallest absolute Gasteiger partial charge is 0.317 e. The van der Waals surface area contributed by atoms with Crippen LogP contribution < -0.4 is 0 Å². The zero-order valence-electron chi connectivity index (χ0n) is 9.92. The van der Waals surface area contributed by atoms with Gasteiger partial charge in [0.05, 0.1) is 6.54 Å². The Labute approximate surface area is 99.9 Å². The molecule has 0 saturated heterocycles. The van der Waals surface area contributed by atoms with Gasteiger partial charge >= 0.3 is 5.97 Å². The third kappa shape index (κ3) is 3.96. The molecule has 0 amide bonds. The molecule has 0 aromatic heterocycles. The third-order valence-corrected chi connectivity index (χ3v) is 2.51. The molecule has 0 bridgehead atoms. The van der Waals surface area contributed by atoms with Crippen molar-refractivity contribution in [2.24, 2.45) is 0 Å². The van der Waals surface area contributed by atoms with Crippen LogP contribution in [0, 0.1) is 0 Å². The Hall–Kier alpha value is -1.75. The van der Waals surface area contributed by atoms with Crippen LogP contribution in [-0.4, -0.2) is 38.8 Å². The molecular weight excluding hydrogens is 222 g/mol. The van der Waals surface area contributed by atoms with Gasteiger partial charge in [0, 0.05) is 24.2 Å². The Bertz CT molecular complexity index is 403. The first-order valence-electron chi connectivity index (χ1n) is 5.37. The number of nitrogens with zero attached hydrogens (tertiary/aromatic N) is 1. The topological polar surface area (TPSA) is 81.0 Å². The summed E-state index contributed by atoms with van der Waals surface area (Å²) in [6, 6.07) is 4.35. The van der Waals surface area contributed by atoms with Crippen molar-refractivity contribution in [2.75, 3.05) is 6.54 Å². The highest BCUT2D eigenvalue weighted by Gasteiger charge is 2.15. The molecule has 5 nitrogen and oxygen atoms in total. The molecule has 1 aromatic rings. The summed E-state index contributed by atoms with van der Waals surface area (Å²) in [7, 11) is 0. The fourth-order valence-electron chi connectivity index (χ4n) is 1.50. The highest BCUT2D eigenvalue weighted by atomic mass is 16.4. The van der Waals surface area contributed by atoms with Crippen molar-refractivity contribution in [1.29, 1.82) is 0 Å². The average Bonchev–Trinajstić information content (AvgIpc) is 2.19. The number of phenolic OH excluding ortho intramolecular Hbond substituents is 2. The first kappa shape index (κ1) is 13.3. The molecule has 0 aliphatic carbocycles. The minimum atomic E-state index is -0.906. The van der Waals surface area contributed by atoms with Crippen LogP contribution in [0.1, 0.15) is 19.4 Å². The van der Waals surface area contributed by atoms with E-state index in [-0.39, 0.29) is 24.1 Å². The quantitative estimate of drug-likeness (QED) is 0.723. The van der Waals surface area contributed by atoms with E-state index in [1.165, 1.54) is 12.1 Å². The van der Waals surface area contributed by atoms with E-state index in [2.05, 4.69) is 0 Å². The van der Waals surface area contributed by atoms with Crippen molar-refractivity contribution in [3.05, 3.63) is 23.8 Å². The number of aliphatic carboxylic acids is 1. The number of carboxylic acid groups (broad SMARTS) is 1. The lowest BCUT2D eigenvalue weighted by Gasteiger charge is -2.24. The van der Waals surface area contributed by atoms with Crippen molar-refractivity contribution in [2.45, 2.75) is 26.4 Å². The Balaban J connectivity index is 2.82. The number of aromatic hydroxyl groups is 2. The molecule has 0 saturated carbocycles. The Morgan fingerprint density at radius 3 is 2.47 bits per heavy atom. The maximum absolute atomic E-state index is 10.7. The van der Waals surface area contributed by atoms with Crippen LogP contribution in [0.25, 0.3) is 0 Å². The molecule has 0 unspecified atom stereocenters. The Morgan fingerprint density at radius 2 is 2.00 bits per heavy atom. The number of carbonyl (C=O) groups is 1. The number of hydrogen-bond donors (Lipinski definition) is 3. The fraction of sp³-hybridized carbons (Fsp3) is 0.417. The van der Waals surface area contributed by atoms with Gasteiger partial charge in [-0.2, -0.15) is 0 Å². The van der Waals surface area contributed by atoms with E-state index >= 15 is 0 Å². The van der Waals surface area contributed by atoms with Crippen molar-refractivity contribution >= 4 is 5.97 Å². The normalized spacial score (nSPS) is 11.1. The first-order chi connectivity index (χ1) is 7.90. The molecule has 0 radical (unpaired) electrons. The molecule has 1 rings (SSSR count). The van der Waals surface area contributed by atoms with Crippen LogP contribution in [0.3, 0.4) is 0 Å². The van der Waals surface area contributed by atoms with Crippen molar-refractivity contribution in [3.63, 3.8) is 0 Å². The number of benzene rings is 1. The van der Waals surface area contributed by atoms with Gasteiger partial charge in [-0.25, -0.2) is 0 Å². The molecule has 94 valence electrons. The maximum Gasteiger partial charge on any atom is 0.317 e. The van der Waals surface area contributed by atoms with Gasteiger partial charge in [0.1, 0.15) is 11.5 Å². The number of carboxylic acids is 1. The molecule has 0 heterocycles. The SMILES string of the molecule is CC(C)N(CC(=O)O)Cc1ccc(O)cc1O. The average molecular weight is 239 g/mol. The summed E-state index contributed by atoms with van der Waals surface area (Å²) in [4.78, 5) is 12.4. The monoisotopic (exact) mass is 239 g/mol.